The minimum Gasteiger partial charge on any atom is -0.456 e. The van der Waals surface area contributed by atoms with Gasteiger partial charge < -0.3 is 9.64 Å². The number of ether oxygens (including phenoxy) is 1. The smallest absolute Gasteiger partial charge is 0.232 e. The Morgan fingerprint density at radius 2 is 2.09 bits per heavy atom. The lowest BCUT2D eigenvalue weighted by atomic mass is 9.73. The van der Waals surface area contributed by atoms with Crippen LogP contribution in [0.2, 0.25) is 0 Å². The summed E-state index contributed by atoms with van der Waals surface area (Å²) in [6.07, 6.45) is 6.72. The molecule has 2 heterocycles. The average molecular weight is 430 g/mol. The van der Waals surface area contributed by atoms with Gasteiger partial charge in [0.2, 0.25) is 5.91 Å². The second-order valence-corrected chi connectivity index (χ2v) is 8.28. The van der Waals surface area contributed by atoms with Crippen molar-refractivity contribution in [2.24, 2.45) is 0 Å². The number of benzene rings is 2. The molecule has 1 fully saturated rings. The summed E-state index contributed by atoms with van der Waals surface area (Å²) in [5, 5.41) is 13.7. The van der Waals surface area contributed by atoms with Crippen LogP contribution in [0.4, 0.5) is 0 Å². The number of amides is 1. The molecular weight excluding hydrogens is 402 g/mol. The minimum atomic E-state index is -0.544. The van der Waals surface area contributed by atoms with Crippen LogP contribution in [-0.2, 0) is 16.8 Å². The molecule has 4 rings (SSSR count). The monoisotopic (exact) mass is 429 g/mol. The SMILES string of the molecule is CCC1(c2cccc(Oc3cc(Cn4cncn4)ccc3C#N)c2)CCCCN(C)C1=O. The highest BCUT2D eigenvalue weighted by Crippen LogP contribution is 2.39. The number of likely N-dealkylation sites (N-methyl/N-ethyl adjacent to an activating group) is 1. The topological polar surface area (TPSA) is 84.0 Å². The van der Waals surface area contributed by atoms with Crippen molar-refractivity contribution in [3.63, 3.8) is 0 Å². The van der Waals surface area contributed by atoms with Crippen LogP contribution in [0.25, 0.3) is 0 Å². The van der Waals surface area contributed by atoms with Gasteiger partial charge in [0.15, 0.2) is 0 Å². The van der Waals surface area contributed by atoms with Crippen molar-refractivity contribution in [3.8, 4) is 17.6 Å². The summed E-state index contributed by atoms with van der Waals surface area (Å²) in [6, 6.07) is 15.4. The van der Waals surface area contributed by atoms with Crippen molar-refractivity contribution in [1.82, 2.24) is 19.7 Å². The zero-order valence-electron chi connectivity index (χ0n) is 18.5. The van der Waals surface area contributed by atoms with Crippen molar-refractivity contribution in [2.45, 2.75) is 44.6 Å². The fourth-order valence-corrected chi connectivity index (χ4v) is 4.48. The predicted molar refractivity (Wildman–Crippen MR) is 120 cm³/mol. The molecule has 7 nitrogen and oxygen atoms in total. The fraction of sp³-hybridized carbons (Fsp3) is 0.360. The number of hydrogen-bond acceptors (Lipinski definition) is 5. The predicted octanol–water partition coefficient (Wildman–Crippen LogP) is 4.28. The first kappa shape index (κ1) is 21.6. The highest BCUT2D eigenvalue weighted by Gasteiger charge is 2.41. The van der Waals surface area contributed by atoms with Crippen LogP contribution in [0, 0.1) is 11.3 Å². The molecule has 32 heavy (non-hydrogen) atoms. The zero-order valence-corrected chi connectivity index (χ0v) is 18.5. The summed E-state index contributed by atoms with van der Waals surface area (Å²) in [5.41, 5.74) is 1.82. The molecule has 1 unspecified atom stereocenters. The Kier molecular flexibility index (Phi) is 6.22. The molecule has 0 N–H and O–H groups in total. The molecule has 1 aliphatic rings. The molecule has 164 valence electrons. The minimum absolute atomic E-state index is 0.169. The van der Waals surface area contributed by atoms with Crippen LogP contribution < -0.4 is 4.74 Å². The van der Waals surface area contributed by atoms with Crippen LogP contribution in [-0.4, -0.2) is 39.2 Å². The van der Waals surface area contributed by atoms with Gasteiger partial charge in [-0.3, -0.25) is 4.79 Å². The Morgan fingerprint density at radius 1 is 1.22 bits per heavy atom. The van der Waals surface area contributed by atoms with Gasteiger partial charge in [-0.05, 0) is 54.7 Å². The van der Waals surface area contributed by atoms with Gasteiger partial charge in [0.05, 0.1) is 17.5 Å². The zero-order chi connectivity index (χ0) is 22.6. The number of aromatic nitrogens is 3. The number of hydrogen-bond donors (Lipinski definition) is 0. The van der Waals surface area contributed by atoms with Crippen LogP contribution in [0.1, 0.15) is 49.3 Å². The molecule has 3 aromatic rings. The lowest BCUT2D eigenvalue weighted by Gasteiger charge is -2.33. The molecular formula is C25H27N5O2. The Balaban J connectivity index is 1.65. The molecule has 0 bridgehead atoms. The third-order valence-corrected chi connectivity index (χ3v) is 6.30. The second kappa shape index (κ2) is 9.23. The van der Waals surface area contributed by atoms with E-state index in [2.05, 4.69) is 23.1 Å². The summed E-state index contributed by atoms with van der Waals surface area (Å²) in [5.74, 6) is 1.27. The van der Waals surface area contributed by atoms with E-state index in [9.17, 15) is 10.1 Å². The normalized spacial score (nSPS) is 18.8. The maximum Gasteiger partial charge on any atom is 0.232 e. The first-order valence-corrected chi connectivity index (χ1v) is 10.9. The van der Waals surface area contributed by atoms with Crippen LogP contribution in [0.5, 0.6) is 11.5 Å². The Labute approximate surface area is 188 Å². The Morgan fingerprint density at radius 3 is 2.84 bits per heavy atom. The lowest BCUT2D eigenvalue weighted by Crippen LogP contribution is -2.43. The van der Waals surface area contributed by atoms with Gasteiger partial charge in [0.1, 0.15) is 30.2 Å². The summed E-state index contributed by atoms with van der Waals surface area (Å²) in [4.78, 5) is 19.1. The maximum absolute atomic E-state index is 13.3. The van der Waals surface area contributed by atoms with Crippen molar-refractivity contribution in [1.29, 1.82) is 5.26 Å². The summed E-state index contributed by atoms with van der Waals surface area (Å²) >= 11 is 0. The van der Waals surface area contributed by atoms with E-state index in [0.717, 1.165) is 43.4 Å². The summed E-state index contributed by atoms with van der Waals surface area (Å²) in [6.45, 7) is 3.40. The lowest BCUT2D eigenvalue weighted by molar-refractivity contribution is -0.135. The molecule has 0 aliphatic carbocycles. The molecule has 1 aromatic heterocycles. The van der Waals surface area contributed by atoms with Crippen LogP contribution in [0.3, 0.4) is 0 Å². The molecule has 2 aromatic carbocycles. The molecule has 1 saturated heterocycles. The quantitative estimate of drug-likeness (QED) is 0.584. The van der Waals surface area contributed by atoms with Crippen molar-refractivity contribution in [2.75, 3.05) is 13.6 Å². The number of carbonyl (C=O) groups is 1. The maximum atomic E-state index is 13.3. The van der Waals surface area contributed by atoms with E-state index in [4.69, 9.17) is 4.74 Å². The van der Waals surface area contributed by atoms with E-state index in [0.29, 0.717) is 23.6 Å². The van der Waals surface area contributed by atoms with Gasteiger partial charge in [0, 0.05) is 13.6 Å². The average Bonchev–Trinajstić information content (AvgIpc) is 3.27. The first-order valence-electron chi connectivity index (χ1n) is 10.9. The van der Waals surface area contributed by atoms with E-state index in [1.54, 1.807) is 17.1 Å². The Bertz CT molecular complexity index is 1140. The third-order valence-electron chi connectivity index (χ3n) is 6.30. The fourth-order valence-electron chi connectivity index (χ4n) is 4.48. The number of likely N-dealkylation sites (tertiary alicyclic amines) is 1. The highest BCUT2D eigenvalue weighted by atomic mass is 16.5. The van der Waals surface area contributed by atoms with Crippen molar-refractivity contribution >= 4 is 5.91 Å². The second-order valence-electron chi connectivity index (χ2n) is 8.28. The standard InChI is InChI=1S/C25H27N5O2/c1-3-25(11-4-5-12-29(2)24(25)31)21-7-6-8-22(14-21)32-23-13-19(9-10-20(23)15-26)16-30-18-27-17-28-30/h6-10,13-14,17-18H,3-5,11-12,16H2,1-2H3. The first-order chi connectivity index (χ1) is 15.6. The van der Waals surface area contributed by atoms with E-state index >= 15 is 0 Å². The largest absolute Gasteiger partial charge is 0.456 e. The molecule has 0 saturated carbocycles. The van der Waals surface area contributed by atoms with E-state index < -0.39 is 5.41 Å². The van der Waals surface area contributed by atoms with Gasteiger partial charge in [-0.1, -0.05) is 31.5 Å². The summed E-state index contributed by atoms with van der Waals surface area (Å²) in [7, 11) is 1.89. The summed E-state index contributed by atoms with van der Waals surface area (Å²) < 4.78 is 7.90. The van der Waals surface area contributed by atoms with Gasteiger partial charge in [-0.25, -0.2) is 9.67 Å². The molecule has 1 aliphatic heterocycles. The van der Waals surface area contributed by atoms with E-state index in [1.165, 1.54) is 6.33 Å². The molecule has 1 amide bonds. The van der Waals surface area contributed by atoms with Crippen molar-refractivity contribution < 1.29 is 9.53 Å². The van der Waals surface area contributed by atoms with Gasteiger partial charge in [0.25, 0.3) is 0 Å². The number of nitrogens with zero attached hydrogens (tertiary/aromatic N) is 5. The number of rotatable bonds is 6. The third kappa shape index (κ3) is 4.22. The molecule has 7 heteroatoms. The van der Waals surface area contributed by atoms with E-state index in [-0.39, 0.29) is 5.91 Å². The highest BCUT2D eigenvalue weighted by molar-refractivity contribution is 5.88. The number of carbonyl (C=O) groups excluding carboxylic acids is 1. The Hall–Kier alpha value is -3.66. The van der Waals surface area contributed by atoms with Gasteiger partial charge >= 0.3 is 0 Å². The van der Waals surface area contributed by atoms with Crippen molar-refractivity contribution in [3.05, 3.63) is 71.8 Å². The van der Waals surface area contributed by atoms with Gasteiger partial charge in [-0.15, -0.1) is 0 Å². The van der Waals surface area contributed by atoms with E-state index in [1.807, 2.05) is 48.3 Å². The molecule has 1 atom stereocenters. The number of nitriles is 1. The van der Waals surface area contributed by atoms with Crippen LogP contribution >= 0.6 is 0 Å². The molecule has 0 radical (unpaired) electrons. The molecule has 0 spiro atoms. The van der Waals surface area contributed by atoms with Crippen LogP contribution in [0.15, 0.2) is 55.1 Å². The van der Waals surface area contributed by atoms with Gasteiger partial charge in [-0.2, -0.15) is 10.4 Å².